The van der Waals surface area contributed by atoms with Crippen molar-refractivity contribution in [1.29, 1.82) is 0 Å². The van der Waals surface area contributed by atoms with Crippen LogP contribution in [-0.2, 0) is 0 Å². The minimum Gasteiger partial charge on any atom is -0.453 e. The van der Waals surface area contributed by atoms with Gasteiger partial charge in [0.1, 0.15) is 11.5 Å². The van der Waals surface area contributed by atoms with Crippen molar-refractivity contribution in [3.8, 4) is 23.0 Å². The Hall–Kier alpha value is -8.08. The molecule has 0 N–H and O–H groups in total. The third-order valence-electron chi connectivity index (χ3n) is 11.8. The molecular weight excluding hydrogens is 733 g/mol. The molecule has 0 unspecified atom stereocenters. The molecule has 1 aliphatic rings. The number of hydrogen-bond donors (Lipinski definition) is 0. The summed E-state index contributed by atoms with van der Waals surface area (Å²) in [6.07, 6.45) is 0. The first-order valence-corrected chi connectivity index (χ1v) is 20.3. The Bertz CT molecular complexity index is 3460. The van der Waals surface area contributed by atoms with E-state index in [0.717, 1.165) is 61.8 Å². The maximum atomic E-state index is 7.14. The number of hydrogen-bond acceptors (Lipinski definition) is 4. The van der Waals surface area contributed by atoms with Crippen LogP contribution in [0, 0.1) is 0 Å². The predicted octanol–water partition coefficient (Wildman–Crippen LogP) is 16.3. The van der Waals surface area contributed by atoms with Crippen LogP contribution in [0.3, 0.4) is 0 Å². The summed E-state index contributed by atoms with van der Waals surface area (Å²) in [4.78, 5) is 4.68. The van der Waals surface area contributed by atoms with Gasteiger partial charge in [-0.3, -0.25) is 0 Å². The first-order valence-electron chi connectivity index (χ1n) is 20.3. The lowest BCUT2D eigenvalue weighted by Gasteiger charge is -2.28. The fraction of sp³-hybridized carbons (Fsp3) is 0. The standard InChI is InChI=1S/C56H36N2O2/c1-3-19-40(20-4-1)57(50-33-37-16-7-9-23-44(37)46-25-11-13-27-48(46)50)42-30-31-52-54(35-42)60-55-36-43(32-39-18-15-29-53(59-52)56(39)55)58(41-21-5-2-6-22-41)51-34-38-17-8-10-24-45(38)47-26-12-14-28-49(47)51/h1-36H. The molecule has 4 nitrogen and oxygen atoms in total. The van der Waals surface area contributed by atoms with Crippen LogP contribution in [0.25, 0.3) is 53.9 Å². The Kier molecular flexibility index (Phi) is 7.82. The van der Waals surface area contributed by atoms with Gasteiger partial charge in [0.05, 0.1) is 28.1 Å². The molecule has 12 rings (SSSR count). The van der Waals surface area contributed by atoms with Gasteiger partial charge in [0.15, 0.2) is 11.5 Å². The lowest BCUT2D eigenvalue weighted by atomic mass is 9.98. The first-order chi connectivity index (χ1) is 29.7. The van der Waals surface area contributed by atoms with Gasteiger partial charge < -0.3 is 19.3 Å². The highest BCUT2D eigenvalue weighted by atomic mass is 16.5. The second-order valence-corrected chi connectivity index (χ2v) is 15.3. The van der Waals surface area contributed by atoms with Gasteiger partial charge >= 0.3 is 0 Å². The predicted molar refractivity (Wildman–Crippen MR) is 250 cm³/mol. The third-order valence-corrected chi connectivity index (χ3v) is 11.8. The van der Waals surface area contributed by atoms with Gasteiger partial charge in [-0.05, 0) is 98.4 Å². The molecule has 0 radical (unpaired) electrons. The first kappa shape index (κ1) is 34.0. The highest BCUT2D eigenvalue weighted by Crippen LogP contribution is 2.52. The summed E-state index contributed by atoms with van der Waals surface area (Å²) < 4.78 is 13.9. The summed E-state index contributed by atoms with van der Waals surface area (Å²) in [5.41, 5.74) is 6.20. The molecule has 0 amide bonds. The molecular formula is C56H36N2O2. The average Bonchev–Trinajstić information content (AvgIpc) is 3.47. The van der Waals surface area contributed by atoms with Crippen molar-refractivity contribution in [2.24, 2.45) is 0 Å². The largest absolute Gasteiger partial charge is 0.453 e. The second-order valence-electron chi connectivity index (χ2n) is 15.3. The van der Waals surface area contributed by atoms with E-state index in [2.05, 4.69) is 216 Å². The Morgan fingerprint density at radius 2 is 0.717 bits per heavy atom. The number of ether oxygens (including phenoxy) is 2. The lowest BCUT2D eigenvalue weighted by molar-refractivity contribution is 0.439. The van der Waals surface area contributed by atoms with Crippen LogP contribution in [0.15, 0.2) is 218 Å². The van der Waals surface area contributed by atoms with E-state index < -0.39 is 0 Å². The summed E-state index contributed by atoms with van der Waals surface area (Å²) in [7, 11) is 0. The molecule has 4 heteroatoms. The van der Waals surface area contributed by atoms with Crippen LogP contribution in [0.2, 0.25) is 0 Å². The van der Waals surface area contributed by atoms with E-state index >= 15 is 0 Å². The van der Waals surface area contributed by atoms with Gasteiger partial charge in [0, 0.05) is 34.3 Å². The SMILES string of the molecule is c1ccc(N(c2ccc3c(c2)Oc2cc(N(c4ccccc4)c4cc5ccccc5c5ccccc45)cc4cccc(c24)O3)c2cc3ccccc3c3ccccc23)cc1. The van der Waals surface area contributed by atoms with Crippen LogP contribution >= 0.6 is 0 Å². The summed E-state index contributed by atoms with van der Waals surface area (Å²) >= 11 is 0. The van der Waals surface area contributed by atoms with E-state index in [1.165, 1.54) is 37.7 Å². The van der Waals surface area contributed by atoms with Crippen molar-refractivity contribution in [3.05, 3.63) is 218 Å². The van der Waals surface area contributed by atoms with Gasteiger partial charge in [-0.1, -0.05) is 146 Å². The Morgan fingerprint density at radius 3 is 1.32 bits per heavy atom. The van der Waals surface area contributed by atoms with Crippen LogP contribution in [0.5, 0.6) is 23.0 Å². The van der Waals surface area contributed by atoms with Gasteiger partial charge in [0.25, 0.3) is 0 Å². The van der Waals surface area contributed by atoms with Crippen molar-refractivity contribution in [1.82, 2.24) is 0 Å². The Morgan fingerprint density at radius 1 is 0.250 bits per heavy atom. The number of para-hydroxylation sites is 2. The fourth-order valence-corrected chi connectivity index (χ4v) is 9.12. The van der Waals surface area contributed by atoms with Crippen LogP contribution < -0.4 is 19.3 Å². The average molecular weight is 769 g/mol. The highest BCUT2D eigenvalue weighted by Gasteiger charge is 2.25. The highest BCUT2D eigenvalue weighted by molar-refractivity contribution is 6.16. The third kappa shape index (κ3) is 5.53. The van der Waals surface area contributed by atoms with Crippen molar-refractivity contribution < 1.29 is 9.47 Å². The molecule has 0 spiro atoms. The number of benzene rings is 11. The lowest BCUT2D eigenvalue weighted by Crippen LogP contribution is -2.11. The minimum atomic E-state index is 0.635. The van der Waals surface area contributed by atoms with Gasteiger partial charge in [-0.25, -0.2) is 0 Å². The molecule has 0 saturated heterocycles. The maximum Gasteiger partial charge on any atom is 0.172 e. The molecule has 0 aromatic heterocycles. The zero-order chi connectivity index (χ0) is 39.6. The van der Waals surface area contributed by atoms with Gasteiger partial charge in [-0.2, -0.15) is 0 Å². The monoisotopic (exact) mass is 768 g/mol. The van der Waals surface area contributed by atoms with E-state index in [4.69, 9.17) is 9.47 Å². The summed E-state index contributed by atoms with van der Waals surface area (Å²) in [6.45, 7) is 0. The molecule has 1 heterocycles. The molecule has 282 valence electrons. The normalized spacial score (nSPS) is 11.9. The number of anilines is 6. The summed E-state index contributed by atoms with van der Waals surface area (Å²) in [5, 5.41) is 11.5. The second kappa shape index (κ2) is 13.8. The van der Waals surface area contributed by atoms with Crippen LogP contribution in [0.4, 0.5) is 34.1 Å². The molecule has 0 aliphatic carbocycles. The topological polar surface area (TPSA) is 24.9 Å². The van der Waals surface area contributed by atoms with Crippen molar-refractivity contribution in [3.63, 3.8) is 0 Å². The summed E-state index contributed by atoms with van der Waals surface area (Å²) in [6, 6.07) is 77.3. The number of nitrogens with zero attached hydrogens (tertiary/aromatic N) is 2. The Labute approximate surface area is 347 Å². The summed E-state index contributed by atoms with van der Waals surface area (Å²) in [5.74, 6) is 2.77. The van der Waals surface area contributed by atoms with E-state index in [-0.39, 0.29) is 0 Å². The zero-order valence-corrected chi connectivity index (χ0v) is 32.5. The molecule has 1 aliphatic heterocycles. The minimum absolute atomic E-state index is 0.635. The molecule has 11 aromatic carbocycles. The number of rotatable bonds is 6. The van der Waals surface area contributed by atoms with E-state index in [1.54, 1.807) is 0 Å². The smallest absolute Gasteiger partial charge is 0.172 e. The van der Waals surface area contributed by atoms with Crippen LogP contribution in [0.1, 0.15) is 0 Å². The van der Waals surface area contributed by atoms with Crippen molar-refractivity contribution in [2.75, 3.05) is 9.80 Å². The van der Waals surface area contributed by atoms with Gasteiger partial charge in [0.2, 0.25) is 0 Å². The van der Waals surface area contributed by atoms with Crippen molar-refractivity contribution in [2.45, 2.75) is 0 Å². The van der Waals surface area contributed by atoms with E-state index in [1.807, 2.05) is 12.1 Å². The quantitative estimate of drug-likeness (QED) is 0.157. The molecule has 0 fully saturated rings. The maximum absolute atomic E-state index is 7.14. The van der Waals surface area contributed by atoms with Gasteiger partial charge in [-0.15, -0.1) is 0 Å². The van der Waals surface area contributed by atoms with Crippen molar-refractivity contribution >= 4 is 88.0 Å². The van der Waals surface area contributed by atoms with E-state index in [0.29, 0.717) is 11.5 Å². The molecule has 0 saturated carbocycles. The van der Waals surface area contributed by atoms with E-state index in [9.17, 15) is 0 Å². The molecule has 11 aromatic rings. The van der Waals surface area contributed by atoms with Crippen LogP contribution in [-0.4, -0.2) is 0 Å². The zero-order valence-electron chi connectivity index (χ0n) is 32.5. The molecule has 60 heavy (non-hydrogen) atoms. The Balaban J connectivity index is 1.05. The molecule has 0 bridgehead atoms. The molecule has 0 atom stereocenters. The number of fused-ring (bicyclic) bond motifs is 7. The fourth-order valence-electron chi connectivity index (χ4n) is 9.12.